The first-order valence-electron chi connectivity index (χ1n) is 7.69. The van der Waals surface area contributed by atoms with Gasteiger partial charge >= 0.3 is 0 Å². The molecule has 2 aliphatic rings. The minimum absolute atomic E-state index is 0.158. The molecule has 2 aliphatic heterocycles. The summed E-state index contributed by atoms with van der Waals surface area (Å²) in [6.45, 7) is 1.36. The molecule has 0 bridgehead atoms. The van der Waals surface area contributed by atoms with Crippen LogP contribution in [0.2, 0.25) is 0 Å². The topological polar surface area (TPSA) is 119 Å². The number of amides is 2. The standard InChI is InChI=1S/C15H18N4O5/c16-6-10-3-4-17(7-10)14(20)8-18-12-5-11(19(22)23)1-2-13(12)24-9-15(18)21/h1-2,5,10H,3-4,6-9,16H2. The van der Waals surface area contributed by atoms with Gasteiger partial charge in [-0.05, 0) is 24.9 Å². The van der Waals surface area contributed by atoms with E-state index < -0.39 is 10.8 Å². The molecule has 9 nitrogen and oxygen atoms in total. The summed E-state index contributed by atoms with van der Waals surface area (Å²) in [7, 11) is 0. The fourth-order valence-corrected chi connectivity index (χ4v) is 2.96. The van der Waals surface area contributed by atoms with Gasteiger partial charge in [0.1, 0.15) is 12.3 Å². The second kappa shape index (κ2) is 6.44. The van der Waals surface area contributed by atoms with E-state index in [1.54, 1.807) is 4.90 Å². The van der Waals surface area contributed by atoms with E-state index in [1.165, 1.54) is 23.1 Å². The number of nitro benzene ring substituents is 1. The van der Waals surface area contributed by atoms with Gasteiger partial charge in [-0.15, -0.1) is 0 Å². The van der Waals surface area contributed by atoms with E-state index in [0.29, 0.717) is 25.4 Å². The zero-order valence-electron chi connectivity index (χ0n) is 13.0. The number of carbonyl (C=O) groups is 2. The van der Waals surface area contributed by atoms with E-state index in [0.717, 1.165) is 6.42 Å². The Morgan fingerprint density at radius 3 is 2.92 bits per heavy atom. The van der Waals surface area contributed by atoms with Crippen LogP contribution in [-0.4, -0.2) is 54.4 Å². The Hall–Kier alpha value is -2.68. The predicted octanol–water partition coefficient (Wildman–Crippen LogP) is 0.127. The van der Waals surface area contributed by atoms with Gasteiger partial charge < -0.3 is 15.4 Å². The molecule has 0 aliphatic carbocycles. The smallest absolute Gasteiger partial charge is 0.271 e. The second-order valence-corrected chi connectivity index (χ2v) is 5.91. The number of non-ortho nitro benzene ring substituents is 1. The van der Waals surface area contributed by atoms with Gasteiger partial charge in [0.25, 0.3) is 11.6 Å². The highest BCUT2D eigenvalue weighted by Gasteiger charge is 2.32. The van der Waals surface area contributed by atoms with Gasteiger partial charge in [-0.3, -0.25) is 24.6 Å². The number of rotatable bonds is 4. The lowest BCUT2D eigenvalue weighted by molar-refractivity contribution is -0.384. The van der Waals surface area contributed by atoms with Crippen molar-refractivity contribution in [3.63, 3.8) is 0 Å². The molecular formula is C15H18N4O5. The molecule has 2 N–H and O–H groups in total. The molecule has 0 spiro atoms. The third kappa shape index (κ3) is 3.02. The van der Waals surface area contributed by atoms with Crippen LogP contribution in [0.15, 0.2) is 18.2 Å². The average Bonchev–Trinajstić information content (AvgIpc) is 3.06. The first-order chi connectivity index (χ1) is 11.5. The van der Waals surface area contributed by atoms with Crippen molar-refractivity contribution >= 4 is 23.2 Å². The molecule has 0 aromatic heterocycles. The number of likely N-dealkylation sites (tertiary alicyclic amines) is 1. The predicted molar refractivity (Wildman–Crippen MR) is 84.7 cm³/mol. The second-order valence-electron chi connectivity index (χ2n) is 5.91. The SMILES string of the molecule is NCC1CCN(C(=O)CN2C(=O)COc3ccc([N+](=O)[O-])cc32)C1. The number of nitrogens with two attached hydrogens (primary N) is 1. The number of nitrogens with zero attached hydrogens (tertiary/aromatic N) is 3. The fraction of sp³-hybridized carbons (Fsp3) is 0.467. The first kappa shape index (κ1) is 16.2. The molecule has 2 heterocycles. The first-order valence-corrected chi connectivity index (χ1v) is 7.69. The van der Waals surface area contributed by atoms with Gasteiger partial charge in [0, 0.05) is 25.2 Å². The van der Waals surface area contributed by atoms with Crippen molar-refractivity contribution in [2.24, 2.45) is 11.7 Å². The lowest BCUT2D eigenvalue weighted by atomic mass is 10.1. The number of anilines is 1. The summed E-state index contributed by atoms with van der Waals surface area (Å²) in [5.74, 6) is 0.0431. The van der Waals surface area contributed by atoms with E-state index in [4.69, 9.17) is 10.5 Å². The molecule has 1 aromatic carbocycles. The summed E-state index contributed by atoms with van der Waals surface area (Å²) in [6, 6.07) is 4.00. The van der Waals surface area contributed by atoms with Gasteiger partial charge in [-0.1, -0.05) is 0 Å². The van der Waals surface area contributed by atoms with E-state index in [1.807, 2.05) is 0 Å². The number of benzene rings is 1. The number of nitro groups is 1. The lowest BCUT2D eigenvalue weighted by Crippen LogP contribution is -2.46. The van der Waals surface area contributed by atoms with Crippen LogP contribution in [0.4, 0.5) is 11.4 Å². The number of hydrogen-bond donors (Lipinski definition) is 1. The molecule has 0 radical (unpaired) electrons. The Morgan fingerprint density at radius 1 is 1.46 bits per heavy atom. The minimum atomic E-state index is -0.550. The van der Waals surface area contributed by atoms with Crippen LogP contribution < -0.4 is 15.4 Å². The quantitative estimate of drug-likeness (QED) is 0.617. The monoisotopic (exact) mass is 334 g/mol. The van der Waals surface area contributed by atoms with Gasteiger partial charge in [0.15, 0.2) is 6.61 Å². The van der Waals surface area contributed by atoms with Crippen molar-refractivity contribution in [3.05, 3.63) is 28.3 Å². The average molecular weight is 334 g/mol. The maximum absolute atomic E-state index is 12.5. The van der Waals surface area contributed by atoms with E-state index in [9.17, 15) is 19.7 Å². The Labute approximate surface area is 138 Å². The van der Waals surface area contributed by atoms with Crippen molar-refractivity contribution < 1.29 is 19.2 Å². The van der Waals surface area contributed by atoms with E-state index >= 15 is 0 Å². The fourth-order valence-electron chi connectivity index (χ4n) is 2.96. The van der Waals surface area contributed by atoms with Crippen LogP contribution in [-0.2, 0) is 9.59 Å². The van der Waals surface area contributed by atoms with Crippen molar-refractivity contribution in [2.75, 3.05) is 37.7 Å². The number of hydrogen-bond acceptors (Lipinski definition) is 6. The van der Waals surface area contributed by atoms with Crippen molar-refractivity contribution in [1.29, 1.82) is 0 Å². The normalized spacial score (nSPS) is 19.9. The van der Waals surface area contributed by atoms with Gasteiger partial charge in [0.05, 0.1) is 10.6 Å². The van der Waals surface area contributed by atoms with Crippen molar-refractivity contribution in [2.45, 2.75) is 6.42 Å². The lowest BCUT2D eigenvalue weighted by Gasteiger charge is -2.30. The molecule has 1 fully saturated rings. The maximum atomic E-state index is 12.5. The Kier molecular flexibility index (Phi) is 4.34. The molecule has 1 unspecified atom stereocenters. The third-order valence-electron chi connectivity index (χ3n) is 4.36. The van der Waals surface area contributed by atoms with Crippen LogP contribution in [0.5, 0.6) is 5.75 Å². The summed E-state index contributed by atoms with van der Waals surface area (Å²) >= 11 is 0. The van der Waals surface area contributed by atoms with Crippen LogP contribution in [0.1, 0.15) is 6.42 Å². The zero-order valence-corrected chi connectivity index (χ0v) is 13.0. The minimum Gasteiger partial charge on any atom is -0.482 e. The number of carbonyl (C=O) groups excluding carboxylic acids is 2. The van der Waals surface area contributed by atoms with Gasteiger partial charge in [0.2, 0.25) is 5.91 Å². The Bertz CT molecular complexity index is 692. The summed E-state index contributed by atoms with van der Waals surface area (Å²) in [5.41, 5.74) is 5.72. The summed E-state index contributed by atoms with van der Waals surface area (Å²) in [4.78, 5) is 37.9. The van der Waals surface area contributed by atoms with Gasteiger partial charge in [-0.2, -0.15) is 0 Å². The highest BCUT2D eigenvalue weighted by molar-refractivity contribution is 6.02. The zero-order chi connectivity index (χ0) is 17.3. The molecular weight excluding hydrogens is 316 g/mol. The molecule has 9 heteroatoms. The molecule has 2 amide bonds. The molecule has 128 valence electrons. The highest BCUT2D eigenvalue weighted by atomic mass is 16.6. The largest absolute Gasteiger partial charge is 0.482 e. The number of ether oxygens (including phenoxy) is 1. The van der Waals surface area contributed by atoms with Gasteiger partial charge in [-0.25, -0.2) is 0 Å². The van der Waals surface area contributed by atoms with Crippen LogP contribution >= 0.6 is 0 Å². The molecule has 24 heavy (non-hydrogen) atoms. The van der Waals surface area contributed by atoms with Crippen molar-refractivity contribution in [1.82, 2.24) is 4.90 Å². The number of fused-ring (bicyclic) bond motifs is 1. The van der Waals surface area contributed by atoms with Crippen molar-refractivity contribution in [3.8, 4) is 5.75 Å². The Balaban J connectivity index is 1.81. The molecule has 3 rings (SSSR count). The summed E-state index contributed by atoms with van der Waals surface area (Å²) in [6.07, 6.45) is 0.849. The molecule has 1 aromatic rings. The molecule has 0 saturated carbocycles. The van der Waals surface area contributed by atoms with Crippen LogP contribution in [0.3, 0.4) is 0 Å². The molecule has 1 atom stereocenters. The van der Waals surface area contributed by atoms with Crippen LogP contribution in [0.25, 0.3) is 0 Å². The van der Waals surface area contributed by atoms with E-state index in [2.05, 4.69) is 0 Å². The third-order valence-corrected chi connectivity index (χ3v) is 4.36. The maximum Gasteiger partial charge on any atom is 0.271 e. The van der Waals surface area contributed by atoms with E-state index in [-0.39, 0.29) is 36.4 Å². The Morgan fingerprint density at radius 2 is 2.25 bits per heavy atom. The van der Waals surface area contributed by atoms with Crippen LogP contribution in [0, 0.1) is 16.0 Å². The highest BCUT2D eigenvalue weighted by Crippen LogP contribution is 2.35. The summed E-state index contributed by atoms with van der Waals surface area (Å²) < 4.78 is 5.29. The summed E-state index contributed by atoms with van der Waals surface area (Å²) in [5, 5.41) is 10.9. The molecule has 1 saturated heterocycles.